The lowest BCUT2D eigenvalue weighted by Gasteiger charge is -2.33. The molecule has 6 heteroatoms. The Morgan fingerprint density at radius 3 is 1.23 bits per heavy atom. The maximum Gasteiger partial charge on any atom is 0.305 e. The van der Waals surface area contributed by atoms with Crippen molar-refractivity contribution in [1.82, 2.24) is 0 Å². The van der Waals surface area contributed by atoms with Crippen LogP contribution in [0.15, 0.2) is 0 Å². The highest BCUT2D eigenvalue weighted by Crippen LogP contribution is 2.23. The largest absolute Gasteiger partial charge is 0.465 e. The van der Waals surface area contributed by atoms with Crippen LogP contribution in [0.1, 0.15) is 149 Å². The maximum atomic E-state index is 12.4. The van der Waals surface area contributed by atoms with E-state index in [1.807, 2.05) is 0 Å². The van der Waals surface area contributed by atoms with Gasteiger partial charge in [-0.25, -0.2) is 0 Å². The van der Waals surface area contributed by atoms with Crippen LogP contribution in [0.25, 0.3) is 0 Å². The zero-order chi connectivity index (χ0) is 28.7. The standard InChI is InChI=1S/C33H65BrO5/c1-4-7-10-13-16-19-25-36-28-33(31-39-32(35)23-22-24-34,29-37-26-20-17-14-11-8-5-2)30-38-27-21-18-15-12-9-6-3/h4-31H2,1-3H3. The summed E-state index contributed by atoms with van der Waals surface area (Å²) >= 11 is 3.41. The van der Waals surface area contributed by atoms with E-state index in [1.165, 1.54) is 96.3 Å². The van der Waals surface area contributed by atoms with Gasteiger partial charge in [-0.1, -0.05) is 133 Å². The molecule has 5 nitrogen and oxygen atoms in total. The first-order valence-corrected chi connectivity index (χ1v) is 17.7. The number of halogens is 1. The van der Waals surface area contributed by atoms with Crippen LogP contribution < -0.4 is 0 Å². The number of hydrogen-bond acceptors (Lipinski definition) is 5. The Hall–Kier alpha value is -0.170. The zero-order valence-electron chi connectivity index (χ0n) is 26.2. The number of ether oxygens (including phenoxy) is 4. The summed E-state index contributed by atoms with van der Waals surface area (Å²) in [4.78, 5) is 12.4. The number of hydrogen-bond donors (Lipinski definition) is 0. The highest BCUT2D eigenvalue weighted by molar-refractivity contribution is 9.09. The molecule has 0 N–H and O–H groups in total. The molecule has 0 aromatic carbocycles. The van der Waals surface area contributed by atoms with Gasteiger partial charge in [-0.2, -0.15) is 0 Å². The maximum absolute atomic E-state index is 12.4. The molecule has 0 saturated carbocycles. The second-order valence-corrected chi connectivity index (χ2v) is 12.2. The van der Waals surface area contributed by atoms with Crippen LogP contribution in [-0.2, 0) is 23.7 Å². The van der Waals surface area contributed by atoms with Gasteiger partial charge in [0.25, 0.3) is 0 Å². The van der Waals surface area contributed by atoms with Crippen molar-refractivity contribution in [1.29, 1.82) is 0 Å². The molecule has 0 aliphatic carbocycles. The zero-order valence-corrected chi connectivity index (χ0v) is 27.8. The van der Waals surface area contributed by atoms with Crippen LogP contribution in [-0.4, -0.2) is 57.5 Å². The normalized spacial score (nSPS) is 11.8. The third kappa shape index (κ3) is 26.5. The molecule has 0 bridgehead atoms. The van der Waals surface area contributed by atoms with Gasteiger partial charge in [0.1, 0.15) is 6.61 Å². The molecule has 0 amide bonds. The van der Waals surface area contributed by atoms with E-state index in [4.69, 9.17) is 18.9 Å². The minimum absolute atomic E-state index is 0.151. The summed E-state index contributed by atoms with van der Waals surface area (Å²) < 4.78 is 24.4. The summed E-state index contributed by atoms with van der Waals surface area (Å²) in [6.45, 7) is 10.7. The van der Waals surface area contributed by atoms with Gasteiger partial charge in [0.15, 0.2) is 0 Å². The van der Waals surface area contributed by atoms with E-state index in [0.717, 1.165) is 50.8 Å². The first kappa shape index (κ1) is 38.8. The fourth-order valence-electron chi connectivity index (χ4n) is 4.59. The van der Waals surface area contributed by atoms with Crippen LogP contribution in [0, 0.1) is 5.41 Å². The molecule has 0 spiro atoms. The van der Waals surface area contributed by atoms with Crippen molar-refractivity contribution < 1.29 is 23.7 Å². The third-order valence-electron chi connectivity index (χ3n) is 7.21. The number of alkyl halides is 1. The molecule has 0 aromatic heterocycles. The Balaban J connectivity index is 4.89. The number of carbonyl (C=O) groups is 1. The van der Waals surface area contributed by atoms with Crippen LogP contribution in [0.5, 0.6) is 0 Å². The summed E-state index contributed by atoms with van der Waals surface area (Å²) in [6.07, 6.45) is 23.5. The Bertz CT molecular complexity index is 452. The molecule has 0 unspecified atom stereocenters. The molecule has 0 atom stereocenters. The Labute approximate surface area is 251 Å². The fourth-order valence-corrected chi connectivity index (χ4v) is 4.87. The molecule has 0 aliphatic rings. The van der Waals surface area contributed by atoms with Crippen LogP contribution >= 0.6 is 15.9 Å². The highest BCUT2D eigenvalue weighted by Gasteiger charge is 2.34. The first-order valence-electron chi connectivity index (χ1n) is 16.6. The summed E-state index contributed by atoms with van der Waals surface area (Å²) in [7, 11) is 0. The predicted octanol–water partition coefficient (Wildman–Crippen LogP) is 9.82. The fraction of sp³-hybridized carbons (Fsp3) is 0.970. The Morgan fingerprint density at radius 1 is 0.513 bits per heavy atom. The number of rotatable bonds is 32. The Kier molecular flexibility index (Phi) is 30.6. The van der Waals surface area contributed by atoms with Crippen molar-refractivity contribution in [3.05, 3.63) is 0 Å². The molecule has 0 saturated heterocycles. The Morgan fingerprint density at radius 2 is 0.872 bits per heavy atom. The van der Waals surface area contributed by atoms with Crippen molar-refractivity contribution in [3.63, 3.8) is 0 Å². The predicted molar refractivity (Wildman–Crippen MR) is 169 cm³/mol. The number of carbonyl (C=O) groups excluding carboxylic acids is 1. The van der Waals surface area contributed by atoms with Gasteiger partial charge in [0, 0.05) is 31.6 Å². The smallest absolute Gasteiger partial charge is 0.305 e. The number of esters is 1. The lowest BCUT2D eigenvalue weighted by atomic mass is 9.92. The highest BCUT2D eigenvalue weighted by atomic mass is 79.9. The SMILES string of the molecule is CCCCCCCCOCC(COCCCCCCCC)(COCCCCCCCC)COC(=O)CCCBr. The van der Waals surface area contributed by atoms with Gasteiger partial charge in [-0.3, -0.25) is 4.79 Å². The molecule has 0 aliphatic heterocycles. The molecular formula is C33H65BrO5. The van der Waals surface area contributed by atoms with E-state index in [9.17, 15) is 4.79 Å². The van der Waals surface area contributed by atoms with Crippen LogP contribution in [0.3, 0.4) is 0 Å². The molecule has 39 heavy (non-hydrogen) atoms. The van der Waals surface area contributed by atoms with E-state index in [-0.39, 0.29) is 12.6 Å². The van der Waals surface area contributed by atoms with E-state index < -0.39 is 5.41 Å². The average Bonchev–Trinajstić information content (AvgIpc) is 2.94. The summed E-state index contributed by atoms with van der Waals surface area (Å²) in [5, 5.41) is 0.803. The van der Waals surface area contributed by atoms with Gasteiger partial charge in [-0.15, -0.1) is 0 Å². The lowest BCUT2D eigenvalue weighted by molar-refractivity contribution is -0.156. The molecular weight excluding hydrogens is 556 g/mol. The van der Waals surface area contributed by atoms with E-state index >= 15 is 0 Å². The lowest BCUT2D eigenvalue weighted by Crippen LogP contribution is -2.42. The van der Waals surface area contributed by atoms with Crippen LogP contribution in [0.2, 0.25) is 0 Å². The quantitative estimate of drug-likeness (QED) is 0.0425. The summed E-state index contributed by atoms with van der Waals surface area (Å²) in [5.41, 5.74) is -0.462. The van der Waals surface area contributed by atoms with Gasteiger partial charge < -0.3 is 18.9 Å². The van der Waals surface area contributed by atoms with E-state index in [2.05, 4.69) is 36.7 Å². The van der Waals surface area contributed by atoms with Gasteiger partial charge in [0.2, 0.25) is 0 Å². The van der Waals surface area contributed by atoms with E-state index in [1.54, 1.807) is 0 Å². The summed E-state index contributed by atoms with van der Waals surface area (Å²) in [6, 6.07) is 0. The van der Waals surface area contributed by atoms with Gasteiger partial charge in [-0.05, 0) is 25.7 Å². The summed E-state index contributed by atoms with van der Waals surface area (Å²) in [5.74, 6) is -0.151. The molecule has 0 rings (SSSR count). The van der Waals surface area contributed by atoms with Crippen molar-refractivity contribution in [2.24, 2.45) is 5.41 Å². The molecule has 234 valence electrons. The van der Waals surface area contributed by atoms with Crippen molar-refractivity contribution >= 4 is 21.9 Å². The minimum atomic E-state index is -0.462. The monoisotopic (exact) mass is 620 g/mol. The van der Waals surface area contributed by atoms with Gasteiger partial charge in [0.05, 0.1) is 25.2 Å². The van der Waals surface area contributed by atoms with Crippen molar-refractivity contribution in [2.45, 2.75) is 149 Å². The second-order valence-electron chi connectivity index (χ2n) is 11.4. The minimum Gasteiger partial charge on any atom is -0.465 e. The van der Waals surface area contributed by atoms with Gasteiger partial charge >= 0.3 is 5.97 Å². The number of unbranched alkanes of at least 4 members (excludes halogenated alkanes) is 15. The molecule has 0 fully saturated rings. The average molecular weight is 622 g/mol. The molecule has 0 aromatic rings. The molecule has 0 heterocycles. The van der Waals surface area contributed by atoms with Crippen LogP contribution in [0.4, 0.5) is 0 Å². The topological polar surface area (TPSA) is 54.0 Å². The molecule has 0 radical (unpaired) electrons. The van der Waals surface area contributed by atoms with E-state index in [0.29, 0.717) is 26.2 Å². The second kappa shape index (κ2) is 30.8. The van der Waals surface area contributed by atoms with Crippen molar-refractivity contribution in [2.75, 3.05) is 51.6 Å². The van der Waals surface area contributed by atoms with Crippen molar-refractivity contribution in [3.8, 4) is 0 Å². The first-order chi connectivity index (χ1) is 19.1. The third-order valence-corrected chi connectivity index (χ3v) is 7.77.